The zero-order valence-corrected chi connectivity index (χ0v) is 12.4. The fourth-order valence-electron chi connectivity index (χ4n) is 1.24. The summed E-state index contributed by atoms with van der Waals surface area (Å²) in [6, 6.07) is 1.14. The average molecular weight is 286 g/mol. The van der Waals surface area contributed by atoms with Crippen molar-refractivity contribution in [2.75, 3.05) is 6.54 Å². The van der Waals surface area contributed by atoms with Crippen LogP contribution in [0.2, 0.25) is 0 Å². The Morgan fingerprint density at radius 1 is 1.39 bits per heavy atom. The van der Waals surface area contributed by atoms with Crippen molar-refractivity contribution in [2.45, 2.75) is 31.7 Å². The van der Waals surface area contributed by atoms with Gasteiger partial charge in [0.15, 0.2) is 0 Å². The van der Waals surface area contributed by atoms with Gasteiger partial charge in [0.2, 0.25) is 5.91 Å². The molecule has 100 valence electrons. The molecule has 6 heteroatoms. The van der Waals surface area contributed by atoms with E-state index in [-0.39, 0.29) is 11.8 Å². The number of hydrogen-bond acceptors (Lipinski definition) is 4. The predicted octanol–water partition coefficient (Wildman–Crippen LogP) is 1.93. The molecule has 0 aliphatic carbocycles. The Bertz CT molecular complexity index is 429. The average Bonchev–Trinajstić information content (AvgIpc) is 2.72. The van der Waals surface area contributed by atoms with Gasteiger partial charge in [0.05, 0.1) is 4.88 Å². The lowest BCUT2D eigenvalue weighted by atomic mass is 10.2. The van der Waals surface area contributed by atoms with E-state index >= 15 is 0 Å². The van der Waals surface area contributed by atoms with Crippen molar-refractivity contribution >= 4 is 35.8 Å². The Morgan fingerprint density at radius 3 is 2.56 bits per heavy atom. The van der Waals surface area contributed by atoms with Gasteiger partial charge in [-0.1, -0.05) is 13.8 Å². The van der Waals surface area contributed by atoms with Gasteiger partial charge in [-0.25, -0.2) is 0 Å². The lowest BCUT2D eigenvalue weighted by molar-refractivity contribution is -0.122. The van der Waals surface area contributed by atoms with Crippen molar-refractivity contribution in [3.8, 4) is 0 Å². The minimum Gasteiger partial charge on any atom is -0.354 e. The van der Waals surface area contributed by atoms with Crippen LogP contribution < -0.4 is 10.6 Å². The van der Waals surface area contributed by atoms with Gasteiger partial charge in [-0.15, -0.1) is 24.0 Å². The molecule has 0 aliphatic heterocycles. The molecule has 0 spiro atoms. The van der Waals surface area contributed by atoms with Gasteiger partial charge < -0.3 is 10.6 Å². The van der Waals surface area contributed by atoms with E-state index < -0.39 is 6.04 Å². The first-order chi connectivity index (χ1) is 8.40. The second-order valence-corrected chi connectivity index (χ2v) is 5.93. The maximum absolute atomic E-state index is 11.8. The SMILES string of the molecule is CC(C)CNC(=O)C(C)NC(=O)c1cc(S)cs1. The number of carbonyl (C=O) groups is 2. The molecule has 0 aromatic carbocycles. The molecule has 0 bridgehead atoms. The van der Waals surface area contributed by atoms with Crippen LogP contribution in [-0.2, 0) is 4.79 Å². The molecule has 1 aromatic heterocycles. The second kappa shape index (κ2) is 6.80. The zero-order chi connectivity index (χ0) is 13.7. The Hall–Kier alpha value is -1.01. The van der Waals surface area contributed by atoms with Crippen LogP contribution in [0, 0.1) is 5.92 Å². The molecule has 2 N–H and O–H groups in total. The molecule has 1 aromatic rings. The first-order valence-corrected chi connectivity index (χ1v) is 7.09. The van der Waals surface area contributed by atoms with Crippen LogP contribution in [0.25, 0.3) is 0 Å². The van der Waals surface area contributed by atoms with Crippen molar-refractivity contribution in [1.29, 1.82) is 0 Å². The summed E-state index contributed by atoms with van der Waals surface area (Å²) in [5.41, 5.74) is 0. The standard InChI is InChI=1S/C12H18N2O2S2/c1-7(2)5-13-11(15)8(3)14-12(16)10-4-9(17)6-18-10/h4,6-8,17H,5H2,1-3H3,(H,13,15)(H,14,16). The summed E-state index contributed by atoms with van der Waals surface area (Å²) in [5, 5.41) is 7.22. The summed E-state index contributed by atoms with van der Waals surface area (Å²) in [5.74, 6) is -0.0203. The first kappa shape index (κ1) is 15.0. The van der Waals surface area contributed by atoms with Gasteiger partial charge in [-0.05, 0) is 18.9 Å². The minimum atomic E-state index is -0.540. The molecule has 1 heterocycles. The summed E-state index contributed by atoms with van der Waals surface area (Å²) >= 11 is 5.45. The number of hydrogen-bond donors (Lipinski definition) is 3. The number of amides is 2. The molecule has 0 radical (unpaired) electrons. The number of nitrogens with one attached hydrogen (secondary N) is 2. The van der Waals surface area contributed by atoms with E-state index in [0.717, 1.165) is 4.90 Å². The van der Waals surface area contributed by atoms with E-state index in [1.807, 2.05) is 13.8 Å². The maximum Gasteiger partial charge on any atom is 0.262 e. The third kappa shape index (κ3) is 4.70. The fraction of sp³-hybridized carbons (Fsp3) is 0.500. The van der Waals surface area contributed by atoms with Crippen LogP contribution in [-0.4, -0.2) is 24.4 Å². The van der Waals surface area contributed by atoms with Crippen molar-refractivity contribution < 1.29 is 9.59 Å². The van der Waals surface area contributed by atoms with E-state index in [1.54, 1.807) is 18.4 Å². The number of thiol groups is 1. The lowest BCUT2D eigenvalue weighted by Gasteiger charge is -2.14. The van der Waals surface area contributed by atoms with Crippen molar-refractivity contribution in [2.24, 2.45) is 5.92 Å². The maximum atomic E-state index is 11.8. The highest BCUT2D eigenvalue weighted by Gasteiger charge is 2.17. The Balaban J connectivity index is 2.46. The van der Waals surface area contributed by atoms with Crippen molar-refractivity contribution in [1.82, 2.24) is 10.6 Å². The molecule has 1 rings (SSSR count). The van der Waals surface area contributed by atoms with Crippen LogP contribution in [0.3, 0.4) is 0 Å². The monoisotopic (exact) mass is 286 g/mol. The number of carbonyl (C=O) groups excluding carboxylic acids is 2. The second-order valence-electron chi connectivity index (χ2n) is 4.50. The Labute approximate surface area is 117 Å². The van der Waals surface area contributed by atoms with Crippen LogP contribution in [0.5, 0.6) is 0 Å². The van der Waals surface area contributed by atoms with Gasteiger partial charge in [-0.3, -0.25) is 9.59 Å². The summed E-state index contributed by atoms with van der Waals surface area (Å²) in [6.07, 6.45) is 0. The largest absolute Gasteiger partial charge is 0.354 e. The van der Waals surface area contributed by atoms with Crippen LogP contribution in [0.1, 0.15) is 30.4 Å². The Morgan fingerprint density at radius 2 is 2.06 bits per heavy atom. The normalized spacial score (nSPS) is 12.3. The summed E-state index contributed by atoms with van der Waals surface area (Å²) < 4.78 is 0. The summed E-state index contributed by atoms with van der Waals surface area (Å²) in [6.45, 7) is 6.31. The van der Waals surface area contributed by atoms with E-state index in [1.165, 1.54) is 11.3 Å². The van der Waals surface area contributed by atoms with E-state index in [4.69, 9.17) is 0 Å². The third-order valence-corrected chi connectivity index (χ3v) is 3.60. The molecule has 0 saturated heterocycles. The molecule has 2 amide bonds. The molecule has 0 aliphatic rings. The smallest absolute Gasteiger partial charge is 0.262 e. The molecule has 1 unspecified atom stereocenters. The Kier molecular flexibility index (Phi) is 5.68. The number of rotatable bonds is 5. The van der Waals surface area contributed by atoms with E-state index in [0.29, 0.717) is 17.3 Å². The highest BCUT2D eigenvalue weighted by atomic mass is 32.1. The molecular formula is C12H18N2O2S2. The molecule has 0 saturated carbocycles. The summed E-state index contributed by atoms with van der Waals surface area (Å²) in [4.78, 5) is 24.8. The molecule has 4 nitrogen and oxygen atoms in total. The van der Waals surface area contributed by atoms with Gasteiger partial charge in [0.25, 0.3) is 5.91 Å². The topological polar surface area (TPSA) is 58.2 Å². The third-order valence-electron chi connectivity index (χ3n) is 2.23. The highest BCUT2D eigenvalue weighted by molar-refractivity contribution is 7.80. The van der Waals surface area contributed by atoms with Crippen LogP contribution in [0.4, 0.5) is 0 Å². The zero-order valence-electron chi connectivity index (χ0n) is 10.7. The molecule has 18 heavy (non-hydrogen) atoms. The van der Waals surface area contributed by atoms with Crippen LogP contribution in [0.15, 0.2) is 16.3 Å². The van der Waals surface area contributed by atoms with Crippen molar-refractivity contribution in [3.63, 3.8) is 0 Å². The number of thiophene rings is 1. The molecule has 0 fully saturated rings. The van der Waals surface area contributed by atoms with Crippen LogP contribution >= 0.6 is 24.0 Å². The van der Waals surface area contributed by atoms with Gasteiger partial charge >= 0.3 is 0 Å². The van der Waals surface area contributed by atoms with Crippen molar-refractivity contribution in [3.05, 3.63) is 16.3 Å². The van der Waals surface area contributed by atoms with Gasteiger partial charge in [0.1, 0.15) is 6.04 Å². The first-order valence-electron chi connectivity index (χ1n) is 5.76. The fourth-order valence-corrected chi connectivity index (χ4v) is 2.29. The minimum absolute atomic E-state index is 0.167. The predicted molar refractivity (Wildman–Crippen MR) is 76.3 cm³/mol. The lowest BCUT2D eigenvalue weighted by Crippen LogP contribution is -2.45. The quantitative estimate of drug-likeness (QED) is 0.724. The van der Waals surface area contributed by atoms with Gasteiger partial charge in [0, 0.05) is 16.8 Å². The molecule has 1 atom stereocenters. The van der Waals surface area contributed by atoms with E-state index in [2.05, 4.69) is 23.3 Å². The van der Waals surface area contributed by atoms with E-state index in [9.17, 15) is 9.59 Å². The molecular weight excluding hydrogens is 268 g/mol. The van der Waals surface area contributed by atoms with Gasteiger partial charge in [-0.2, -0.15) is 0 Å². The summed E-state index contributed by atoms with van der Waals surface area (Å²) in [7, 11) is 0. The highest BCUT2D eigenvalue weighted by Crippen LogP contribution is 2.17.